The molecule has 0 saturated carbocycles. The summed E-state index contributed by atoms with van der Waals surface area (Å²) in [4.78, 5) is 12.2. The third-order valence-electron chi connectivity index (χ3n) is 2.29. The first kappa shape index (κ1) is 10.7. The normalized spacial score (nSPS) is 10.1. The Bertz CT molecular complexity index is 519. The molecule has 0 fully saturated rings. The van der Waals surface area contributed by atoms with Gasteiger partial charge in [-0.25, -0.2) is 0 Å². The lowest BCUT2D eigenvalue weighted by Crippen LogP contribution is -2.04. The van der Waals surface area contributed by atoms with Crippen LogP contribution in [0.5, 0.6) is 5.75 Å². The number of carbonyl (C=O) groups is 1. The number of hydrogen-bond acceptors (Lipinski definition) is 4. The minimum Gasteiger partial charge on any atom is -0.496 e. The molecule has 1 heterocycles. The number of para-hydroxylation sites is 1. The lowest BCUT2D eigenvalue weighted by molar-refractivity contribution is 0.103. The molecule has 0 aliphatic rings. The van der Waals surface area contributed by atoms with Gasteiger partial charge in [0.25, 0.3) is 0 Å². The predicted molar refractivity (Wildman–Crippen MR) is 65.2 cm³/mol. The van der Waals surface area contributed by atoms with Gasteiger partial charge in [-0.3, -0.25) is 4.79 Å². The maximum Gasteiger partial charge on any atom is 0.199 e. The molecule has 2 N–H and O–H groups in total. The Morgan fingerprint density at radius 1 is 1.25 bits per heavy atom. The Morgan fingerprint density at radius 3 is 2.62 bits per heavy atom. The van der Waals surface area contributed by atoms with Crippen LogP contribution in [0, 0.1) is 0 Å². The SMILES string of the molecule is COc1ccccc1C(=O)c1ccsc1N. The second kappa shape index (κ2) is 4.37. The number of anilines is 1. The summed E-state index contributed by atoms with van der Waals surface area (Å²) >= 11 is 1.36. The third kappa shape index (κ3) is 1.79. The van der Waals surface area contributed by atoms with E-state index in [9.17, 15) is 4.79 Å². The quantitative estimate of drug-likeness (QED) is 0.829. The smallest absolute Gasteiger partial charge is 0.199 e. The standard InChI is InChI=1S/C12H11NO2S/c1-15-10-5-3-2-4-8(10)11(14)9-6-7-16-12(9)13/h2-7H,13H2,1H3. The van der Waals surface area contributed by atoms with Gasteiger partial charge in [-0.2, -0.15) is 0 Å². The largest absolute Gasteiger partial charge is 0.496 e. The molecule has 2 aromatic rings. The molecule has 3 nitrogen and oxygen atoms in total. The molecule has 4 heteroatoms. The van der Waals surface area contributed by atoms with Crippen molar-refractivity contribution in [1.82, 2.24) is 0 Å². The first-order chi connectivity index (χ1) is 7.74. The fraction of sp³-hybridized carbons (Fsp3) is 0.0833. The molecular weight excluding hydrogens is 222 g/mol. The molecule has 0 amide bonds. The molecule has 0 saturated heterocycles. The number of benzene rings is 1. The average Bonchev–Trinajstić information content (AvgIpc) is 2.74. The van der Waals surface area contributed by atoms with Gasteiger partial charge in [-0.15, -0.1) is 11.3 Å². The Labute approximate surface area is 97.5 Å². The second-order valence-electron chi connectivity index (χ2n) is 3.23. The summed E-state index contributed by atoms with van der Waals surface area (Å²) < 4.78 is 5.15. The van der Waals surface area contributed by atoms with Crippen molar-refractivity contribution in [3.05, 3.63) is 46.8 Å². The van der Waals surface area contributed by atoms with Crippen molar-refractivity contribution in [1.29, 1.82) is 0 Å². The van der Waals surface area contributed by atoms with Crippen LogP contribution in [0.4, 0.5) is 5.00 Å². The van der Waals surface area contributed by atoms with Crippen LogP contribution < -0.4 is 10.5 Å². The number of ether oxygens (including phenoxy) is 1. The highest BCUT2D eigenvalue weighted by molar-refractivity contribution is 7.14. The van der Waals surface area contributed by atoms with Crippen molar-refractivity contribution < 1.29 is 9.53 Å². The lowest BCUT2D eigenvalue weighted by atomic mass is 10.0. The van der Waals surface area contributed by atoms with E-state index >= 15 is 0 Å². The number of ketones is 1. The van der Waals surface area contributed by atoms with E-state index < -0.39 is 0 Å². The van der Waals surface area contributed by atoms with Gasteiger partial charge in [0.05, 0.1) is 23.2 Å². The number of hydrogen-bond donors (Lipinski definition) is 1. The van der Waals surface area contributed by atoms with Gasteiger partial charge in [0.15, 0.2) is 5.78 Å². The van der Waals surface area contributed by atoms with Gasteiger partial charge in [0, 0.05) is 0 Å². The first-order valence-corrected chi connectivity index (χ1v) is 5.62. The Morgan fingerprint density at radius 2 is 2.00 bits per heavy atom. The highest BCUT2D eigenvalue weighted by atomic mass is 32.1. The van der Waals surface area contributed by atoms with Gasteiger partial charge >= 0.3 is 0 Å². The maximum atomic E-state index is 12.2. The minimum absolute atomic E-state index is 0.101. The van der Waals surface area contributed by atoms with Gasteiger partial charge in [0.1, 0.15) is 5.75 Å². The van der Waals surface area contributed by atoms with E-state index in [0.717, 1.165) is 0 Å². The molecule has 2 rings (SSSR count). The van der Waals surface area contributed by atoms with E-state index in [0.29, 0.717) is 21.9 Å². The Hall–Kier alpha value is -1.81. The molecule has 1 aromatic carbocycles. The van der Waals surface area contributed by atoms with Crippen molar-refractivity contribution in [2.45, 2.75) is 0 Å². The highest BCUT2D eigenvalue weighted by Crippen LogP contribution is 2.26. The molecule has 82 valence electrons. The van der Waals surface area contributed by atoms with Gasteiger partial charge in [-0.05, 0) is 23.6 Å². The Kier molecular flexibility index (Phi) is 2.92. The summed E-state index contributed by atoms with van der Waals surface area (Å²) in [6.07, 6.45) is 0. The van der Waals surface area contributed by atoms with E-state index in [4.69, 9.17) is 10.5 Å². The number of nitrogens with two attached hydrogens (primary N) is 1. The molecule has 0 atom stereocenters. The van der Waals surface area contributed by atoms with Crippen LogP contribution in [0.15, 0.2) is 35.7 Å². The van der Waals surface area contributed by atoms with Crippen molar-refractivity contribution in [2.24, 2.45) is 0 Å². The van der Waals surface area contributed by atoms with E-state index in [-0.39, 0.29) is 5.78 Å². The number of methoxy groups -OCH3 is 1. The first-order valence-electron chi connectivity index (χ1n) is 4.74. The van der Waals surface area contributed by atoms with Crippen LogP contribution >= 0.6 is 11.3 Å². The molecule has 0 aliphatic carbocycles. The van der Waals surface area contributed by atoms with E-state index in [1.807, 2.05) is 6.07 Å². The van der Waals surface area contributed by atoms with Gasteiger partial charge < -0.3 is 10.5 Å². The predicted octanol–water partition coefficient (Wildman–Crippen LogP) is 2.57. The summed E-state index contributed by atoms with van der Waals surface area (Å²) in [7, 11) is 1.54. The minimum atomic E-state index is -0.101. The Balaban J connectivity index is 2.46. The van der Waals surface area contributed by atoms with Crippen LogP contribution in [0.2, 0.25) is 0 Å². The van der Waals surface area contributed by atoms with E-state index in [1.165, 1.54) is 11.3 Å². The molecule has 0 unspecified atom stereocenters. The number of thiophene rings is 1. The molecule has 16 heavy (non-hydrogen) atoms. The topological polar surface area (TPSA) is 52.3 Å². The van der Waals surface area contributed by atoms with Crippen LogP contribution in [-0.2, 0) is 0 Å². The molecule has 0 aliphatic heterocycles. The van der Waals surface area contributed by atoms with Crippen molar-refractivity contribution in [2.75, 3.05) is 12.8 Å². The monoisotopic (exact) mass is 233 g/mol. The summed E-state index contributed by atoms with van der Waals surface area (Å²) in [5.74, 6) is 0.467. The van der Waals surface area contributed by atoms with Crippen molar-refractivity contribution in [3.63, 3.8) is 0 Å². The third-order valence-corrected chi connectivity index (χ3v) is 3.04. The van der Waals surface area contributed by atoms with Crippen molar-refractivity contribution in [3.8, 4) is 5.75 Å². The molecule has 0 bridgehead atoms. The second-order valence-corrected chi connectivity index (χ2v) is 4.18. The maximum absolute atomic E-state index is 12.2. The summed E-state index contributed by atoms with van der Waals surface area (Å²) in [6.45, 7) is 0. The van der Waals surface area contributed by atoms with Crippen LogP contribution in [0.3, 0.4) is 0 Å². The van der Waals surface area contributed by atoms with E-state index in [1.54, 1.807) is 36.8 Å². The molecular formula is C12H11NO2S. The van der Waals surface area contributed by atoms with Crippen LogP contribution in [-0.4, -0.2) is 12.9 Å². The number of nitrogen functional groups attached to an aromatic ring is 1. The average molecular weight is 233 g/mol. The zero-order valence-electron chi connectivity index (χ0n) is 8.77. The molecule has 1 aromatic heterocycles. The van der Waals surface area contributed by atoms with Crippen molar-refractivity contribution >= 4 is 22.1 Å². The fourth-order valence-corrected chi connectivity index (χ4v) is 2.12. The lowest BCUT2D eigenvalue weighted by Gasteiger charge is -2.06. The number of rotatable bonds is 3. The van der Waals surface area contributed by atoms with Crippen LogP contribution in [0.1, 0.15) is 15.9 Å². The highest BCUT2D eigenvalue weighted by Gasteiger charge is 2.16. The summed E-state index contributed by atoms with van der Waals surface area (Å²) in [5, 5.41) is 2.34. The van der Waals surface area contributed by atoms with Gasteiger partial charge in [0.2, 0.25) is 0 Å². The fourth-order valence-electron chi connectivity index (χ4n) is 1.49. The summed E-state index contributed by atoms with van der Waals surface area (Å²) in [6, 6.07) is 8.85. The molecule has 0 spiro atoms. The zero-order chi connectivity index (χ0) is 11.5. The van der Waals surface area contributed by atoms with Crippen LogP contribution in [0.25, 0.3) is 0 Å². The number of carbonyl (C=O) groups excluding carboxylic acids is 1. The summed E-state index contributed by atoms with van der Waals surface area (Å²) in [5.41, 5.74) is 6.80. The van der Waals surface area contributed by atoms with Gasteiger partial charge in [-0.1, -0.05) is 12.1 Å². The van der Waals surface area contributed by atoms with E-state index in [2.05, 4.69) is 0 Å². The molecule has 0 radical (unpaired) electrons. The zero-order valence-corrected chi connectivity index (χ0v) is 9.58.